The van der Waals surface area contributed by atoms with Crippen LogP contribution in [0.1, 0.15) is 30.7 Å². The summed E-state index contributed by atoms with van der Waals surface area (Å²) >= 11 is 0. The summed E-state index contributed by atoms with van der Waals surface area (Å²) < 4.78 is 10.8. The van der Waals surface area contributed by atoms with E-state index in [-0.39, 0.29) is 11.9 Å². The van der Waals surface area contributed by atoms with Gasteiger partial charge in [0.05, 0.1) is 31.6 Å². The van der Waals surface area contributed by atoms with Gasteiger partial charge in [0.2, 0.25) is 5.91 Å². The normalized spacial score (nSPS) is 15.0. The van der Waals surface area contributed by atoms with Crippen LogP contribution in [0.5, 0.6) is 5.75 Å². The molecule has 0 radical (unpaired) electrons. The van der Waals surface area contributed by atoms with Gasteiger partial charge in [-0.2, -0.15) is 0 Å². The number of fused-ring (bicyclic) bond motifs is 1. The van der Waals surface area contributed by atoms with Crippen LogP contribution in [0.2, 0.25) is 0 Å². The molecule has 23 heavy (non-hydrogen) atoms. The number of aryl methyl sites for hydroxylation is 1. The zero-order valence-electron chi connectivity index (χ0n) is 13.5. The van der Waals surface area contributed by atoms with Crippen molar-refractivity contribution in [2.24, 2.45) is 0 Å². The Morgan fingerprint density at radius 2 is 2.26 bits per heavy atom. The molecule has 1 aliphatic heterocycles. The highest BCUT2D eigenvalue weighted by atomic mass is 16.5. The van der Waals surface area contributed by atoms with Crippen LogP contribution in [0.15, 0.2) is 41.0 Å². The first kappa shape index (κ1) is 15.5. The third kappa shape index (κ3) is 3.33. The summed E-state index contributed by atoms with van der Waals surface area (Å²) in [7, 11) is 1.67. The fourth-order valence-corrected chi connectivity index (χ4v) is 3.09. The van der Waals surface area contributed by atoms with Crippen LogP contribution in [0, 0.1) is 0 Å². The highest BCUT2D eigenvalue weighted by molar-refractivity contribution is 5.83. The predicted molar refractivity (Wildman–Crippen MR) is 88.8 cm³/mol. The standard InChI is InChI=1S/C18H22N2O3/c1-13(15-9-5-11-23-15)19-17(21)12-20-10-4-7-14-6-3-8-16(22-2)18(14)20/h3,5-6,8-9,11,13H,4,7,10,12H2,1-2H3,(H,19,21)/t13-/m0/s1. The van der Waals surface area contributed by atoms with Crippen molar-refractivity contribution in [2.75, 3.05) is 25.1 Å². The zero-order chi connectivity index (χ0) is 16.2. The van der Waals surface area contributed by atoms with Crippen molar-refractivity contribution >= 4 is 11.6 Å². The monoisotopic (exact) mass is 314 g/mol. The summed E-state index contributed by atoms with van der Waals surface area (Å²) in [5.41, 5.74) is 2.28. The van der Waals surface area contributed by atoms with Crippen LogP contribution < -0.4 is 15.0 Å². The minimum atomic E-state index is -0.139. The first-order valence-corrected chi connectivity index (χ1v) is 7.92. The zero-order valence-corrected chi connectivity index (χ0v) is 13.5. The predicted octanol–water partition coefficient (Wildman–Crippen LogP) is 2.92. The average Bonchev–Trinajstić information content (AvgIpc) is 3.09. The van der Waals surface area contributed by atoms with Gasteiger partial charge in [0.1, 0.15) is 11.5 Å². The molecule has 122 valence electrons. The van der Waals surface area contributed by atoms with E-state index in [1.807, 2.05) is 31.2 Å². The Morgan fingerprint density at radius 1 is 1.39 bits per heavy atom. The molecule has 0 saturated carbocycles. The molecule has 1 aromatic carbocycles. The Morgan fingerprint density at radius 3 is 3.00 bits per heavy atom. The number of rotatable bonds is 5. The van der Waals surface area contributed by atoms with Gasteiger partial charge >= 0.3 is 0 Å². The third-order valence-electron chi connectivity index (χ3n) is 4.17. The van der Waals surface area contributed by atoms with Crippen molar-refractivity contribution < 1.29 is 13.9 Å². The number of hydrogen-bond acceptors (Lipinski definition) is 4. The molecule has 1 aromatic heterocycles. The fourth-order valence-electron chi connectivity index (χ4n) is 3.09. The fraction of sp³-hybridized carbons (Fsp3) is 0.389. The van der Waals surface area contributed by atoms with Crippen LogP contribution >= 0.6 is 0 Å². The van der Waals surface area contributed by atoms with Gasteiger partial charge in [0.15, 0.2) is 0 Å². The Balaban J connectivity index is 1.71. The molecule has 1 atom stereocenters. The molecule has 1 aliphatic rings. The van der Waals surface area contributed by atoms with Gasteiger partial charge in [0.25, 0.3) is 0 Å². The summed E-state index contributed by atoms with van der Waals surface area (Å²) in [4.78, 5) is 14.5. The number of hydrogen-bond donors (Lipinski definition) is 1. The van der Waals surface area contributed by atoms with Crippen molar-refractivity contribution in [1.82, 2.24) is 5.32 Å². The van der Waals surface area contributed by atoms with Crippen LogP contribution in [0.4, 0.5) is 5.69 Å². The lowest BCUT2D eigenvalue weighted by Gasteiger charge is -2.32. The molecule has 5 nitrogen and oxygen atoms in total. The van der Waals surface area contributed by atoms with E-state index in [9.17, 15) is 4.79 Å². The Kier molecular flexibility index (Phi) is 4.55. The molecule has 5 heteroatoms. The Labute approximate surface area is 136 Å². The van der Waals surface area contributed by atoms with E-state index in [4.69, 9.17) is 9.15 Å². The quantitative estimate of drug-likeness (QED) is 0.922. The highest BCUT2D eigenvalue weighted by Gasteiger charge is 2.23. The maximum absolute atomic E-state index is 12.4. The molecule has 0 aliphatic carbocycles. The van der Waals surface area contributed by atoms with E-state index < -0.39 is 0 Å². The number of nitrogens with zero attached hydrogens (tertiary/aromatic N) is 1. The van der Waals surface area contributed by atoms with Gasteiger partial charge in [-0.15, -0.1) is 0 Å². The summed E-state index contributed by atoms with van der Waals surface area (Å²) in [5, 5.41) is 2.98. The van der Waals surface area contributed by atoms with Crippen LogP contribution in [0.25, 0.3) is 0 Å². The molecule has 0 saturated heterocycles. The number of carbonyl (C=O) groups is 1. The van der Waals surface area contributed by atoms with Gasteiger partial charge in [-0.3, -0.25) is 4.79 Å². The molecule has 0 spiro atoms. The van der Waals surface area contributed by atoms with E-state index in [2.05, 4.69) is 16.3 Å². The molecule has 0 unspecified atom stereocenters. The summed E-state index contributed by atoms with van der Waals surface area (Å²) in [6.45, 7) is 3.09. The van der Waals surface area contributed by atoms with Gasteiger partial charge in [-0.05, 0) is 43.5 Å². The molecule has 2 aromatic rings. The topological polar surface area (TPSA) is 54.7 Å². The average molecular weight is 314 g/mol. The van der Waals surface area contributed by atoms with E-state index in [1.54, 1.807) is 13.4 Å². The van der Waals surface area contributed by atoms with Gasteiger partial charge in [-0.1, -0.05) is 12.1 Å². The van der Waals surface area contributed by atoms with E-state index >= 15 is 0 Å². The smallest absolute Gasteiger partial charge is 0.240 e. The number of ether oxygens (including phenoxy) is 1. The number of carbonyl (C=O) groups excluding carboxylic acids is 1. The lowest BCUT2D eigenvalue weighted by Crippen LogP contribution is -2.40. The minimum Gasteiger partial charge on any atom is -0.495 e. The van der Waals surface area contributed by atoms with Crippen molar-refractivity contribution in [1.29, 1.82) is 0 Å². The second-order valence-corrected chi connectivity index (χ2v) is 5.80. The summed E-state index contributed by atoms with van der Waals surface area (Å²) in [6.07, 6.45) is 3.68. The number of anilines is 1. The van der Waals surface area contributed by atoms with Crippen LogP contribution in [-0.2, 0) is 11.2 Å². The second kappa shape index (κ2) is 6.77. The van der Waals surface area contributed by atoms with Crippen molar-refractivity contribution in [3.63, 3.8) is 0 Å². The minimum absolute atomic E-state index is 0.0207. The Bertz CT molecular complexity index is 653. The van der Waals surface area contributed by atoms with Crippen molar-refractivity contribution in [3.05, 3.63) is 47.9 Å². The maximum Gasteiger partial charge on any atom is 0.240 e. The van der Waals surface area contributed by atoms with Crippen LogP contribution in [-0.4, -0.2) is 26.1 Å². The lowest BCUT2D eigenvalue weighted by molar-refractivity contribution is -0.120. The van der Waals surface area contributed by atoms with E-state index in [1.165, 1.54) is 5.56 Å². The number of para-hydroxylation sites is 1. The largest absolute Gasteiger partial charge is 0.495 e. The van der Waals surface area contributed by atoms with Crippen LogP contribution in [0.3, 0.4) is 0 Å². The molecule has 3 rings (SSSR count). The lowest BCUT2D eigenvalue weighted by atomic mass is 10.0. The third-order valence-corrected chi connectivity index (χ3v) is 4.17. The molecule has 0 fully saturated rings. The Hall–Kier alpha value is -2.43. The number of benzene rings is 1. The first-order chi connectivity index (χ1) is 11.2. The highest BCUT2D eigenvalue weighted by Crippen LogP contribution is 2.35. The number of nitrogens with one attached hydrogen (secondary N) is 1. The summed E-state index contributed by atoms with van der Waals surface area (Å²) in [5.74, 6) is 1.57. The molecule has 0 bridgehead atoms. The summed E-state index contributed by atoms with van der Waals surface area (Å²) in [6, 6.07) is 9.60. The van der Waals surface area contributed by atoms with Crippen molar-refractivity contribution in [3.8, 4) is 5.75 Å². The van der Waals surface area contributed by atoms with Gasteiger partial charge in [0, 0.05) is 6.54 Å². The molecular formula is C18H22N2O3. The molecule has 1 N–H and O–H groups in total. The van der Waals surface area contributed by atoms with Gasteiger partial charge in [-0.25, -0.2) is 0 Å². The second-order valence-electron chi connectivity index (χ2n) is 5.80. The molecule has 2 heterocycles. The SMILES string of the molecule is COc1cccc2c1N(CC(=O)N[C@@H](C)c1ccco1)CCC2. The maximum atomic E-state index is 12.4. The van der Waals surface area contributed by atoms with Gasteiger partial charge < -0.3 is 19.4 Å². The number of amides is 1. The van der Waals surface area contributed by atoms with Crippen molar-refractivity contribution in [2.45, 2.75) is 25.8 Å². The molecular weight excluding hydrogens is 292 g/mol. The number of methoxy groups -OCH3 is 1. The van der Waals surface area contributed by atoms with E-state index in [0.29, 0.717) is 6.54 Å². The number of furan rings is 1. The molecule has 1 amide bonds. The van der Waals surface area contributed by atoms with E-state index in [0.717, 1.165) is 36.6 Å². The first-order valence-electron chi connectivity index (χ1n) is 7.92.